The van der Waals surface area contributed by atoms with Gasteiger partial charge < -0.3 is 9.47 Å². The van der Waals surface area contributed by atoms with Crippen molar-refractivity contribution in [2.24, 2.45) is 0 Å². The van der Waals surface area contributed by atoms with Gasteiger partial charge in [0.15, 0.2) is 6.10 Å². The summed E-state index contributed by atoms with van der Waals surface area (Å²) in [4.78, 5) is 12.9. The van der Waals surface area contributed by atoms with Gasteiger partial charge in [-0.3, -0.25) is 4.90 Å². The summed E-state index contributed by atoms with van der Waals surface area (Å²) in [6, 6.07) is 7.66. The third kappa shape index (κ3) is 3.52. The third-order valence-electron chi connectivity index (χ3n) is 3.23. The highest BCUT2D eigenvalue weighted by atomic mass is 19.3. The molecule has 2 rings (SSSR count). The molecule has 0 aliphatic carbocycles. The summed E-state index contributed by atoms with van der Waals surface area (Å²) < 4.78 is 38.1. The highest BCUT2D eigenvalue weighted by molar-refractivity contribution is 5.74. The molecule has 1 aliphatic heterocycles. The number of ether oxygens (including phenoxy) is 2. The van der Waals surface area contributed by atoms with Crippen molar-refractivity contribution in [3.05, 3.63) is 35.9 Å². The number of nitrogens with zero attached hydrogens (tertiary/aromatic N) is 1. The molecule has 0 N–H and O–H groups in total. The van der Waals surface area contributed by atoms with Crippen LogP contribution in [0.2, 0.25) is 0 Å². The summed E-state index contributed by atoms with van der Waals surface area (Å²) in [5.41, 5.74) is -0.0268. The quantitative estimate of drug-likeness (QED) is 0.789. The molecular formula is C14H17F2NO3. The van der Waals surface area contributed by atoms with Gasteiger partial charge in [0.05, 0.1) is 20.3 Å². The maximum Gasteiger partial charge on any atom is 0.336 e. The standard InChI is InChI=1S/C14H17F2NO3/c1-19-13(18)12-9-17(7-8-20-12)10-14(15,16)11-5-3-2-4-6-11/h2-6,12H,7-10H2,1H3. The molecule has 0 radical (unpaired) electrons. The summed E-state index contributed by atoms with van der Waals surface area (Å²) in [7, 11) is 1.25. The lowest BCUT2D eigenvalue weighted by atomic mass is 10.1. The Bertz CT molecular complexity index is 453. The topological polar surface area (TPSA) is 38.8 Å². The van der Waals surface area contributed by atoms with Gasteiger partial charge in [-0.15, -0.1) is 0 Å². The lowest BCUT2D eigenvalue weighted by molar-refractivity contribution is -0.162. The van der Waals surface area contributed by atoms with Crippen molar-refractivity contribution in [3.8, 4) is 0 Å². The van der Waals surface area contributed by atoms with Crippen LogP contribution in [0, 0.1) is 0 Å². The number of alkyl halides is 2. The predicted molar refractivity (Wildman–Crippen MR) is 68.5 cm³/mol. The van der Waals surface area contributed by atoms with E-state index in [4.69, 9.17) is 4.74 Å². The molecule has 1 saturated heterocycles. The van der Waals surface area contributed by atoms with E-state index in [1.165, 1.54) is 24.1 Å². The Morgan fingerprint density at radius 1 is 1.45 bits per heavy atom. The van der Waals surface area contributed by atoms with Crippen LogP contribution in [0.3, 0.4) is 0 Å². The molecule has 1 heterocycles. The third-order valence-corrected chi connectivity index (χ3v) is 3.23. The fourth-order valence-corrected chi connectivity index (χ4v) is 2.17. The fourth-order valence-electron chi connectivity index (χ4n) is 2.17. The number of hydrogen-bond donors (Lipinski definition) is 0. The molecule has 0 aromatic heterocycles. The maximum absolute atomic E-state index is 14.2. The number of carbonyl (C=O) groups excluding carboxylic acids is 1. The molecule has 1 fully saturated rings. The van der Waals surface area contributed by atoms with E-state index in [0.29, 0.717) is 6.54 Å². The van der Waals surface area contributed by atoms with E-state index in [0.717, 1.165) is 0 Å². The molecular weight excluding hydrogens is 268 g/mol. The van der Waals surface area contributed by atoms with Crippen LogP contribution in [0.25, 0.3) is 0 Å². The molecule has 20 heavy (non-hydrogen) atoms. The van der Waals surface area contributed by atoms with E-state index in [9.17, 15) is 13.6 Å². The molecule has 0 saturated carbocycles. The molecule has 110 valence electrons. The second-order valence-electron chi connectivity index (χ2n) is 4.69. The highest BCUT2D eigenvalue weighted by Gasteiger charge is 2.37. The molecule has 1 aliphatic rings. The molecule has 0 spiro atoms. The molecule has 1 unspecified atom stereocenters. The summed E-state index contributed by atoms with van der Waals surface area (Å²) in [5, 5.41) is 0. The largest absolute Gasteiger partial charge is 0.467 e. The number of esters is 1. The maximum atomic E-state index is 14.2. The molecule has 6 heteroatoms. The molecule has 4 nitrogen and oxygen atoms in total. The van der Waals surface area contributed by atoms with Crippen molar-refractivity contribution in [2.75, 3.05) is 33.4 Å². The van der Waals surface area contributed by atoms with Crippen LogP contribution in [0.5, 0.6) is 0 Å². The Hall–Kier alpha value is -1.53. The van der Waals surface area contributed by atoms with Crippen molar-refractivity contribution >= 4 is 5.97 Å². The van der Waals surface area contributed by atoms with Crippen LogP contribution in [0.4, 0.5) is 8.78 Å². The van der Waals surface area contributed by atoms with Gasteiger partial charge in [-0.2, -0.15) is 8.78 Å². The van der Waals surface area contributed by atoms with E-state index >= 15 is 0 Å². The monoisotopic (exact) mass is 285 g/mol. The lowest BCUT2D eigenvalue weighted by Gasteiger charge is -2.33. The average molecular weight is 285 g/mol. The highest BCUT2D eigenvalue weighted by Crippen LogP contribution is 2.29. The van der Waals surface area contributed by atoms with Crippen LogP contribution in [0.15, 0.2) is 30.3 Å². The minimum atomic E-state index is -2.96. The van der Waals surface area contributed by atoms with Crippen molar-refractivity contribution in [1.29, 1.82) is 0 Å². The Kier molecular flexibility index (Phi) is 4.67. The zero-order valence-electron chi connectivity index (χ0n) is 11.2. The van der Waals surface area contributed by atoms with Crippen molar-refractivity contribution < 1.29 is 23.0 Å². The Balaban J connectivity index is 2.00. The minimum Gasteiger partial charge on any atom is -0.467 e. The molecule has 1 atom stereocenters. The number of halogens is 2. The summed E-state index contributed by atoms with van der Waals surface area (Å²) >= 11 is 0. The zero-order chi connectivity index (χ0) is 14.6. The Morgan fingerprint density at radius 3 is 2.80 bits per heavy atom. The fraction of sp³-hybridized carbons (Fsp3) is 0.500. The zero-order valence-corrected chi connectivity index (χ0v) is 11.2. The van der Waals surface area contributed by atoms with Crippen LogP contribution in [-0.2, 0) is 20.2 Å². The van der Waals surface area contributed by atoms with E-state index in [1.54, 1.807) is 18.2 Å². The second kappa shape index (κ2) is 6.28. The molecule has 0 bridgehead atoms. The van der Waals surface area contributed by atoms with Crippen molar-refractivity contribution in [2.45, 2.75) is 12.0 Å². The summed E-state index contributed by atoms with van der Waals surface area (Å²) in [5.74, 6) is -3.49. The Labute approximate surface area is 116 Å². The number of methoxy groups -OCH3 is 1. The summed E-state index contributed by atoms with van der Waals surface area (Å²) in [6.45, 7) is 0.295. The van der Waals surface area contributed by atoms with E-state index in [1.807, 2.05) is 0 Å². The number of rotatable bonds is 4. The lowest BCUT2D eigenvalue weighted by Crippen LogP contribution is -2.49. The number of carbonyl (C=O) groups is 1. The van der Waals surface area contributed by atoms with Gasteiger partial charge in [-0.05, 0) is 0 Å². The van der Waals surface area contributed by atoms with Crippen molar-refractivity contribution in [1.82, 2.24) is 4.90 Å². The van der Waals surface area contributed by atoms with Crippen molar-refractivity contribution in [3.63, 3.8) is 0 Å². The predicted octanol–water partition coefficient (Wildman–Crippen LogP) is 1.65. The first-order chi connectivity index (χ1) is 9.53. The van der Waals surface area contributed by atoms with Crippen LogP contribution < -0.4 is 0 Å². The molecule has 1 aromatic carbocycles. The first-order valence-corrected chi connectivity index (χ1v) is 6.38. The number of morpholine rings is 1. The number of benzene rings is 1. The van der Waals surface area contributed by atoms with Gasteiger partial charge >= 0.3 is 5.97 Å². The van der Waals surface area contributed by atoms with Crippen LogP contribution in [0.1, 0.15) is 5.56 Å². The first kappa shape index (κ1) is 14.9. The minimum absolute atomic E-state index is 0.0268. The normalized spacial score (nSPS) is 20.6. The van der Waals surface area contributed by atoms with Gasteiger partial charge in [-0.25, -0.2) is 4.79 Å². The number of hydrogen-bond acceptors (Lipinski definition) is 4. The molecule has 0 amide bonds. The smallest absolute Gasteiger partial charge is 0.336 e. The van der Waals surface area contributed by atoms with Gasteiger partial charge in [0.25, 0.3) is 5.92 Å². The van der Waals surface area contributed by atoms with Crippen LogP contribution in [-0.4, -0.2) is 50.3 Å². The van der Waals surface area contributed by atoms with E-state index in [2.05, 4.69) is 4.74 Å². The van der Waals surface area contributed by atoms with Gasteiger partial charge in [0, 0.05) is 18.7 Å². The molecule has 1 aromatic rings. The first-order valence-electron chi connectivity index (χ1n) is 6.38. The Morgan fingerprint density at radius 2 is 2.15 bits per heavy atom. The van der Waals surface area contributed by atoms with E-state index < -0.39 is 24.5 Å². The van der Waals surface area contributed by atoms with Gasteiger partial charge in [0.1, 0.15) is 0 Å². The van der Waals surface area contributed by atoms with Crippen LogP contribution >= 0.6 is 0 Å². The summed E-state index contributed by atoms with van der Waals surface area (Å²) in [6.07, 6.45) is -0.791. The SMILES string of the molecule is COC(=O)C1CN(CC(F)(F)c2ccccc2)CCO1. The van der Waals surface area contributed by atoms with Gasteiger partial charge in [-0.1, -0.05) is 30.3 Å². The second-order valence-corrected chi connectivity index (χ2v) is 4.69. The van der Waals surface area contributed by atoms with Gasteiger partial charge in [0.2, 0.25) is 0 Å². The van der Waals surface area contributed by atoms with E-state index in [-0.39, 0.29) is 18.7 Å². The average Bonchev–Trinajstić information content (AvgIpc) is 2.47.